The van der Waals surface area contributed by atoms with Crippen molar-refractivity contribution in [2.45, 2.75) is 56.1 Å². The first-order valence-electron chi connectivity index (χ1n) is 12.4. The van der Waals surface area contributed by atoms with E-state index in [-0.39, 0.29) is 43.5 Å². The number of rotatable bonds is 7. The summed E-state index contributed by atoms with van der Waals surface area (Å²) in [7, 11) is -0.818. The Bertz CT molecular complexity index is 1030. The van der Waals surface area contributed by atoms with E-state index in [1.807, 2.05) is 6.07 Å². The molecular formula is C24H35F3N4O4S. The van der Waals surface area contributed by atoms with Crippen molar-refractivity contribution in [3.8, 4) is 0 Å². The molecule has 2 atom stereocenters. The van der Waals surface area contributed by atoms with E-state index in [0.717, 1.165) is 40.5 Å². The fourth-order valence-corrected chi connectivity index (χ4v) is 6.16. The third kappa shape index (κ3) is 6.51. The van der Waals surface area contributed by atoms with E-state index in [1.165, 1.54) is 25.1 Å². The normalized spacial score (nSPS) is 28.7. The maximum absolute atomic E-state index is 13.6. The van der Waals surface area contributed by atoms with Gasteiger partial charge in [0.25, 0.3) is 16.1 Å². The molecular weight excluding hydrogens is 497 g/mol. The number of halogens is 3. The van der Waals surface area contributed by atoms with Crippen LogP contribution in [-0.4, -0.2) is 93.5 Å². The minimum Gasteiger partial charge on any atom is -0.378 e. The van der Waals surface area contributed by atoms with Crippen LogP contribution >= 0.6 is 0 Å². The lowest BCUT2D eigenvalue weighted by Crippen LogP contribution is -2.64. The Morgan fingerprint density at radius 2 is 1.83 bits per heavy atom. The predicted molar refractivity (Wildman–Crippen MR) is 128 cm³/mol. The smallest absolute Gasteiger partial charge is 0.320 e. The lowest BCUT2D eigenvalue weighted by atomic mass is 9.82. The first-order valence-corrected chi connectivity index (χ1v) is 13.9. The number of urea groups is 1. The van der Waals surface area contributed by atoms with Crippen molar-refractivity contribution in [2.75, 3.05) is 46.9 Å². The summed E-state index contributed by atoms with van der Waals surface area (Å²) >= 11 is 0. The molecule has 8 nitrogen and oxygen atoms in total. The average molecular weight is 533 g/mol. The lowest BCUT2D eigenvalue weighted by Gasteiger charge is -2.45. The number of ether oxygens (including phenoxy) is 1. The number of nitrogens with one attached hydrogen (secondary N) is 1. The maximum Gasteiger partial charge on any atom is 0.320 e. The first-order chi connectivity index (χ1) is 16.9. The number of nitrogens with zero attached hydrogens (tertiary/aromatic N) is 3. The van der Waals surface area contributed by atoms with Gasteiger partial charge in [-0.25, -0.2) is 18.0 Å². The molecule has 0 spiro atoms. The Morgan fingerprint density at radius 1 is 1.14 bits per heavy atom. The Hall–Kier alpha value is -1.89. The number of hydrogen-bond acceptors (Lipinski definition) is 4. The van der Waals surface area contributed by atoms with Crippen LogP contribution in [0.5, 0.6) is 0 Å². The second-order valence-corrected chi connectivity index (χ2v) is 12.3. The minimum absolute atomic E-state index is 0.0129. The summed E-state index contributed by atoms with van der Waals surface area (Å²) in [5, 5.41) is 0. The lowest BCUT2D eigenvalue weighted by molar-refractivity contribution is -0.115. The molecule has 1 aromatic carbocycles. The van der Waals surface area contributed by atoms with Gasteiger partial charge in [0.2, 0.25) is 0 Å². The van der Waals surface area contributed by atoms with Crippen LogP contribution in [0.4, 0.5) is 18.0 Å². The van der Waals surface area contributed by atoms with Crippen molar-refractivity contribution in [1.29, 1.82) is 0 Å². The topological polar surface area (TPSA) is 82.2 Å². The molecule has 2 unspecified atom stereocenters. The van der Waals surface area contributed by atoms with Gasteiger partial charge in [-0.2, -0.15) is 17.4 Å². The zero-order chi connectivity index (χ0) is 26.1. The number of piperidine rings is 1. The molecule has 1 N–H and O–H groups in total. The van der Waals surface area contributed by atoms with Gasteiger partial charge in [0, 0.05) is 39.1 Å². The molecule has 0 bridgehead atoms. The highest BCUT2D eigenvalue weighted by Gasteiger charge is 2.48. The summed E-state index contributed by atoms with van der Waals surface area (Å²) in [4.78, 5) is 15.4. The fraction of sp³-hybridized carbons (Fsp3) is 0.708. The van der Waals surface area contributed by atoms with Gasteiger partial charge in [-0.3, -0.25) is 0 Å². The number of likely N-dealkylation sites (tertiary alicyclic amines) is 2. The Kier molecular flexibility index (Phi) is 8.18. The molecule has 3 aliphatic rings. The van der Waals surface area contributed by atoms with Gasteiger partial charge in [-0.05, 0) is 55.7 Å². The highest BCUT2D eigenvalue weighted by molar-refractivity contribution is 7.87. The Balaban J connectivity index is 1.35. The van der Waals surface area contributed by atoms with Crippen LogP contribution < -0.4 is 4.72 Å². The van der Waals surface area contributed by atoms with Crippen LogP contribution in [0.1, 0.15) is 43.6 Å². The fourth-order valence-electron chi connectivity index (χ4n) is 5.26. The standard InChI is InChI=1S/C24H35F3N4O4S/c1-29(2)36(33,34)28-22-10-11-30(23(32)31-15-24(26,27)16-31)13-19(22)14-35-21-8-6-17(7-9-21)18-4-3-5-20(25)12-18/h3-5,12,17,19,21-22,28H,6-11,13-16H2,1-2H3. The number of carbonyl (C=O) groups is 1. The molecule has 4 rings (SSSR count). The van der Waals surface area contributed by atoms with Crippen LogP contribution in [0.2, 0.25) is 0 Å². The van der Waals surface area contributed by atoms with E-state index in [9.17, 15) is 26.4 Å². The van der Waals surface area contributed by atoms with Gasteiger partial charge in [0.05, 0.1) is 25.8 Å². The molecule has 2 saturated heterocycles. The van der Waals surface area contributed by atoms with E-state index >= 15 is 0 Å². The van der Waals surface area contributed by atoms with E-state index in [2.05, 4.69) is 4.72 Å². The van der Waals surface area contributed by atoms with Gasteiger partial charge in [0.1, 0.15) is 5.82 Å². The molecule has 2 aliphatic heterocycles. The third-order valence-electron chi connectivity index (χ3n) is 7.44. The molecule has 202 valence electrons. The molecule has 36 heavy (non-hydrogen) atoms. The highest BCUT2D eigenvalue weighted by atomic mass is 32.2. The summed E-state index contributed by atoms with van der Waals surface area (Å²) in [6.07, 6.45) is 3.68. The van der Waals surface area contributed by atoms with E-state index in [0.29, 0.717) is 6.42 Å². The minimum atomic E-state index is -3.69. The van der Waals surface area contributed by atoms with E-state index in [1.54, 1.807) is 12.1 Å². The molecule has 2 amide bonds. The quantitative estimate of drug-likeness (QED) is 0.586. The van der Waals surface area contributed by atoms with Gasteiger partial charge >= 0.3 is 6.03 Å². The second kappa shape index (κ2) is 10.8. The van der Waals surface area contributed by atoms with Crippen molar-refractivity contribution in [3.63, 3.8) is 0 Å². The summed E-state index contributed by atoms with van der Waals surface area (Å²) < 4.78 is 75.1. The number of benzene rings is 1. The maximum atomic E-state index is 13.6. The SMILES string of the molecule is CN(C)S(=O)(=O)NC1CCN(C(=O)N2CC(F)(F)C2)CC1COC1CCC(c2cccc(F)c2)CC1. The molecule has 0 aromatic heterocycles. The van der Waals surface area contributed by atoms with Crippen LogP contribution in [0.25, 0.3) is 0 Å². The molecule has 0 radical (unpaired) electrons. The molecule has 1 aromatic rings. The molecule has 12 heteroatoms. The number of carbonyl (C=O) groups excluding carboxylic acids is 1. The van der Waals surface area contributed by atoms with Crippen LogP contribution in [0.3, 0.4) is 0 Å². The number of amides is 2. The van der Waals surface area contributed by atoms with Crippen molar-refractivity contribution in [1.82, 2.24) is 18.8 Å². The summed E-state index contributed by atoms with van der Waals surface area (Å²) in [6, 6.07) is 5.79. The summed E-state index contributed by atoms with van der Waals surface area (Å²) in [5.41, 5.74) is 0.990. The van der Waals surface area contributed by atoms with Gasteiger partial charge in [0.15, 0.2) is 0 Å². The molecule has 2 heterocycles. The monoisotopic (exact) mass is 532 g/mol. The molecule has 1 saturated carbocycles. The van der Waals surface area contributed by atoms with Crippen LogP contribution in [0, 0.1) is 11.7 Å². The van der Waals surface area contributed by atoms with Gasteiger partial charge in [-0.15, -0.1) is 0 Å². The first kappa shape index (κ1) is 27.2. The third-order valence-corrected chi connectivity index (χ3v) is 9.00. The van der Waals surface area contributed by atoms with Gasteiger partial charge < -0.3 is 14.5 Å². The molecule has 1 aliphatic carbocycles. The highest BCUT2D eigenvalue weighted by Crippen LogP contribution is 2.35. The summed E-state index contributed by atoms with van der Waals surface area (Å²) in [5.74, 6) is -3.13. The van der Waals surface area contributed by atoms with Crippen molar-refractivity contribution in [3.05, 3.63) is 35.6 Å². The summed E-state index contributed by atoms with van der Waals surface area (Å²) in [6.45, 7) is -0.434. The molecule has 3 fully saturated rings. The Labute approximate surface area is 210 Å². The van der Waals surface area contributed by atoms with Gasteiger partial charge in [-0.1, -0.05) is 12.1 Å². The second-order valence-electron chi connectivity index (χ2n) is 10.4. The predicted octanol–water partition coefficient (Wildman–Crippen LogP) is 3.03. The Morgan fingerprint density at radius 3 is 2.44 bits per heavy atom. The number of hydrogen-bond donors (Lipinski definition) is 1. The van der Waals surface area contributed by atoms with Crippen molar-refractivity contribution in [2.24, 2.45) is 5.92 Å². The zero-order valence-electron chi connectivity index (χ0n) is 20.7. The largest absolute Gasteiger partial charge is 0.378 e. The zero-order valence-corrected chi connectivity index (χ0v) is 21.5. The number of alkyl halides is 2. The van der Waals surface area contributed by atoms with Crippen molar-refractivity contribution >= 4 is 16.2 Å². The van der Waals surface area contributed by atoms with E-state index < -0.39 is 41.3 Å². The van der Waals surface area contributed by atoms with Crippen LogP contribution in [0.15, 0.2) is 24.3 Å². The average Bonchev–Trinajstić information content (AvgIpc) is 2.81. The van der Waals surface area contributed by atoms with Crippen LogP contribution in [-0.2, 0) is 14.9 Å². The van der Waals surface area contributed by atoms with E-state index in [4.69, 9.17) is 4.74 Å². The van der Waals surface area contributed by atoms with Crippen molar-refractivity contribution < 1.29 is 31.1 Å².